The average molecular weight is 484 g/mol. The Morgan fingerprint density at radius 2 is 1.64 bits per heavy atom. The largest absolute Gasteiger partial charge is 0.489 e. The van der Waals surface area contributed by atoms with Crippen molar-refractivity contribution in [1.82, 2.24) is 0 Å². The van der Waals surface area contributed by atoms with Crippen molar-refractivity contribution in [3.8, 4) is 5.75 Å². The van der Waals surface area contributed by atoms with Gasteiger partial charge < -0.3 is 14.4 Å². The fraction of sp³-hybridized carbons (Fsp3) is 0.290. The molecule has 3 aromatic rings. The molecule has 1 amide bonds. The molecule has 0 aromatic heterocycles. The molecule has 0 saturated heterocycles. The van der Waals surface area contributed by atoms with Crippen LogP contribution in [0.15, 0.2) is 84.9 Å². The maximum atomic E-state index is 13.7. The number of ether oxygens (including phenoxy) is 2. The van der Waals surface area contributed by atoms with E-state index in [4.69, 9.17) is 9.47 Å². The van der Waals surface area contributed by atoms with Crippen molar-refractivity contribution < 1.29 is 19.1 Å². The van der Waals surface area contributed by atoms with E-state index in [9.17, 15) is 9.59 Å². The van der Waals surface area contributed by atoms with Gasteiger partial charge in [-0.3, -0.25) is 4.79 Å². The van der Waals surface area contributed by atoms with Crippen molar-refractivity contribution in [1.29, 1.82) is 0 Å². The van der Waals surface area contributed by atoms with Gasteiger partial charge in [0.2, 0.25) is 5.91 Å². The topological polar surface area (TPSA) is 55.8 Å². The zero-order valence-electron chi connectivity index (χ0n) is 20.8. The van der Waals surface area contributed by atoms with Gasteiger partial charge in [-0.1, -0.05) is 73.9 Å². The number of esters is 1. The number of benzene rings is 3. The fourth-order valence-electron chi connectivity index (χ4n) is 4.51. The number of rotatable bonds is 9. The van der Waals surface area contributed by atoms with Crippen LogP contribution in [0.1, 0.15) is 48.8 Å². The minimum atomic E-state index is -0.412. The molecule has 36 heavy (non-hydrogen) atoms. The van der Waals surface area contributed by atoms with Gasteiger partial charge in [-0.05, 0) is 59.9 Å². The van der Waals surface area contributed by atoms with E-state index in [0.717, 1.165) is 53.8 Å². The van der Waals surface area contributed by atoms with Crippen LogP contribution in [-0.2, 0) is 27.5 Å². The van der Waals surface area contributed by atoms with Gasteiger partial charge in [0.25, 0.3) is 0 Å². The Kier molecular flexibility index (Phi) is 8.92. The van der Waals surface area contributed by atoms with Gasteiger partial charge in [0.1, 0.15) is 12.4 Å². The van der Waals surface area contributed by atoms with Crippen LogP contribution < -0.4 is 9.64 Å². The Morgan fingerprint density at radius 1 is 0.889 bits per heavy atom. The quantitative estimate of drug-likeness (QED) is 0.255. The second-order valence-electron chi connectivity index (χ2n) is 9.13. The van der Waals surface area contributed by atoms with Crippen LogP contribution >= 0.6 is 0 Å². The van der Waals surface area contributed by atoms with E-state index < -0.39 is 5.97 Å². The Morgan fingerprint density at radius 3 is 2.36 bits per heavy atom. The van der Waals surface area contributed by atoms with Gasteiger partial charge in [0, 0.05) is 17.7 Å². The molecule has 0 aliphatic heterocycles. The first kappa shape index (κ1) is 25.2. The van der Waals surface area contributed by atoms with Gasteiger partial charge in [-0.15, -0.1) is 0 Å². The molecule has 1 aliphatic rings. The number of methoxy groups -OCH3 is 1. The minimum absolute atomic E-state index is 0.0431. The third kappa shape index (κ3) is 7.08. The Bertz CT molecular complexity index is 1160. The number of hydrogen-bond acceptors (Lipinski definition) is 4. The molecule has 4 rings (SSSR count). The molecule has 0 heterocycles. The third-order valence-corrected chi connectivity index (χ3v) is 6.53. The number of anilines is 1. The molecular weight excluding hydrogens is 450 g/mol. The molecule has 1 aliphatic carbocycles. The first-order chi connectivity index (χ1) is 17.6. The van der Waals surface area contributed by atoms with Crippen molar-refractivity contribution >= 4 is 23.6 Å². The highest BCUT2D eigenvalue weighted by atomic mass is 16.5. The summed E-state index contributed by atoms with van der Waals surface area (Å²) in [7, 11) is 1.35. The number of carbonyl (C=O) groups excluding carboxylic acids is 2. The van der Waals surface area contributed by atoms with E-state index in [1.54, 1.807) is 6.08 Å². The first-order valence-electron chi connectivity index (χ1n) is 12.6. The van der Waals surface area contributed by atoms with Gasteiger partial charge >= 0.3 is 5.97 Å². The standard InChI is InChI=1S/C31H33NO4/c1-35-30(33)20-17-24-11-8-14-28(21-24)32(31(34)27-12-6-3-7-13-27)22-25-15-18-29(19-16-25)36-23-26-9-4-2-5-10-26/h2,4-5,8-11,14-21,27H,3,6-7,12-13,22-23H2,1H3/b20-17+. The number of amides is 1. The van der Waals surface area contributed by atoms with Crippen molar-refractivity contribution in [3.05, 3.63) is 102 Å². The Labute approximate surface area is 213 Å². The molecule has 0 unspecified atom stereocenters. The van der Waals surface area contributed by atoms with Gasteiger partial charge in [0.15, 0.2) is 0 Å². The lowest BCUT2D eigenvalue weighted by atomic mass is 9.88. The minimum Gasteiger partial charge on any atom is -0.489 e. The predicted molar refractivity (Wildman–Crippen MR) is 142 cm³/mol. The van der Waals surface area contributed by atoms with Crippen molar-refractivity contribution in [2.24, 2.45) is 5.92 Å². The molecule has 0 atom stereocenters. The second kappa shape index (κ2) is 12.7. The molecule has 0 bridgehead atoms. The molecule has 5 nitrogen and oxygen atoms in total. The lowest BCUT2D eigenvalue weighted by Crippen LogP contribution is -2.36. The summed E-state index contributed by atoms with van der Waals surface area (Å²) in [5.41, 5.74) is 3.81. The van der Waals surface area contributed by atoms with E-state index >= 15 is 0 Å². The molecule has 0 radical (unpaired) electrons. The molecular formula is C31H33NO4. The maximum absolute atomic E-state index is 13.7. The summed E-state index contributed by atoms with van der Waals surface area (Å²) in [5, 5.41) is 0. The Balaban J connectivity index is 1.51. The molecule has 5 heteroatoms. The zero-order valence-corrected chi connectivity index (χ0v) is 20.8. The summed E-state index contributed by atoms with van der Waals surface area (Å²) in [4.78, 5) is 27.1. The van der Waals surface area contributed by atoms with Gasteiger partial charge in [0.05, 0.1) is 13.7 Å². The number of nitrogens with zero attached hydrogens (tertiary/aromatic N) is 1. The monoisotopic (exact) mass is 483 g/mol. The Hall–Kier alpha value is -3.86. The van der Waals surface area contributed by atoms with Crippen molar-refractivity contribution in [2.75, 3.05) is 12.0 Å². The van der Waals surface area contributed by atoms with Crippen LogP contribution in [0.25, 0.3) is 6.08 Å². The summed E-state index contributed by atoms with van der Waals surface area (Å²) >= 11 is 0. The van der Waals surface area contributed by atoms with Crippen LogP contribution in [0, 0.1) is 5.92 Å². The van der Waals surface area contributed by atoms with Gasteiger partial charge in [-0.2, -0.15) is 0 Å². The van der Waals surface area contributed by atoms with E-state index in [2.05, 4.69) is 0 Å². The van der Waals surface area contributed by atoms with Crippen LogP contribution in [0.4, 0.5) is 5.69 Å². The van der Waals surface area contributed by atoms with Crippen molar-refractivity contribution in [3.63, 3.8) is 0 Å². The molecule has 1 fully saturated rings. The van der Waals surface area contributed by atoms with E-state index in [-0.39, 0.29) is 11.8 Å². The zero-order chi connectivity index (χ0) is 25.2. The molecule has 3 aromatic carbocycles. The van der Waals surface area contributed by atoms with E-state index in [0.29, 0.717) is 13.2 Å². The smallest absolute Gasteiger partial charge is 0.330 e. The van der Waals surface area contributed by atoms with Crippen LogP contribution in [0.5, 0.6) is 5.75 Å². The summed E-state index contributed by atoms with van der Waals surface area (Å²) in [6.07, 6.45) is 8.35. The number of carbonyl (C=O) groups is 2. The van der Waals surface area contributed by atoms with Crippen LogP contribution in [0.3, 0.4) is 0 Å². The molecule has 186 valence electrons. The average Bonchev–Trinajstić information content (AvgIpc) is 2.95. The fourth-order valence-corrected chi connectivity index (χ4v) is 4.51. The highest BCUT2D eigenvalue weighted by molar-refractivity contribution is 5.95. The van der Waals surface area contributed by atoms with Crippen LogP contribution in [0.2, 0.25) is 0 Å². The highest BCUT2D eigenvalue weighted by Gasteiger charge is 2.27. The molecule has 0 spiro atoms. The van der Waals surface area contributed by atoms with Crippen molar-refractivity contribution in [2.45, 2.75) is 45.3 Å². The lowest BCUT2D eigenvalue weighted by molar-refractivity contribution is -0.134. The van der Waals surface area contributed by atoms with Crippen LogP contribution in [-0.4, -0.2) is 19.0 Å². The summed E-state index contributed by atoms with van der Waals surface area (Å²) in [5.74, 6) is 0.586. The highest BCUT2D eigenvalue weighted by Crippen LogP contribution is 2.29. The molecule has 1 saturated carbocycles. The van der Waals surface area contributed by atoms with E-state index in [1.165, 1.54) is 19.6 Å². The van der Waals surface area contributed by atoms with Gasteiger partial charge in [-0.25, -0.2) is 4.79 Å². The number of hydrogen-bond donors (Lipinski definition) is 0. The summed E-state index contributed by atoms with van der Waals surface area (Å²) in [6, 6.07) is 25.7. The van der Waals surface area contributed by atoms with E-state index in [1.807, 2.05) is 83.8 Å². The summed E-state index contributed by atoms with van der Waals surface area (Å²) < 4.78 is 10.6. The lowest BCUT2D eigenvalue weighted by Gasteiger charge is -2.30. The third-order valence-electron chi connectivity index (χ3n) is 6.53. The molecule has 0 N–H and O–H groups in total. The summed E-state index contributed by atoms with van der Waals surface area (Å²) in [6.45, 7) is 0.983. The SMILES string of the molecule is COC(=O)/C=C/c1cccc(N(Cc2ccc(OCc3ccccc3)cc2)C(=O)C2CCCCC2)c1. The maximum Gasteiger partial charge on any atom is 0.330 e. The normalized spacial score (nSPS) is 13.9. The first-order valence-corrected chi connectivity index (χ1v) is 12.6. The second-order valence-corrected chi connectivity index (χ2v) is 9.13. The predicted octanol–water partition coefficient (Wildman–Crippen LogP) is 6.57.